The number of hydrogen-bond donors (Lipinski definition) is 0. The maximum absolute atomic E-state index is 3.98. The van der Waals surface area contributed by atoms with Gasteiger partial charge in [-0.3, -0.25) is 0 Å². The molecule has 1 aromatic carbocycles. The van der Waals surface area contributed by atoms with Gasteiger partial charge in [0, 0.05) is 26.4 Å². The Balaban J connectivity index is 2.33. The number of hydrogen-bond acceptors (Lipinski definition) is 4. The van der Waals surface area contributed by atoms with Crippen LogP contribution in [0.1, 0.15) is 11.4 Å². The molecule has 0 aliphatic carbocycles. The second-order valence-electron chi connectivity index (χ2n) is 4.06. The van der Waals surface area contributed by atoms with Crippen molar-refractivity contribution in [3.63, 3.8) is 0 Å². The zero-order chi connectivity index (χ0) is 12.3. The van der Waals surface area contributed by atoms with E-state index in [1.54, 1.807) is 4.68 Å². The van der Waals surface area contributed by atoms with Gasteiger partial charge in [0.15, 0.2) is 5.82 Å². The van der Waals surface area contributed by atoms with Gasteiger partial charge in [0.2, 0.25) is 0 Å². The first-order valence-corrected chi connectivity index (χ1v) is 5.37. The fourth-order valence-corrected chi connectivity index (χ4v) is 1.38. The van der Waals surface area contributed by atoms with E-state index in [2.05, 4.69) is 22.4 Å². The molecule has 0 unspecified atom stereocenters. The van der Waals surface area contributed by atoms with Crippen molar-refractivity contribution in [1.82, 2.24) is 25.1 Å². The highest BCUT2D eigenvalue weighted by molar-refractivity contribution is 5.44. The molecule has 1 heterocycles. The van der Waals surface area contributed by atoms with Crippen molar-refractivity contribution in [2.24, 2.45) is 0 Å². The van der Waals surface area contributed by atoms with E-state index < -0.39 is 0 Å². The molecule has 0 bridgehead atoms. The van der Waals surface area contributed by atoms with Crippen LogP contribution >= 0.6 is 0 Å². The van der Waals surface area contributed by atoms with Gasteiger partial charge in [-0.05, 0) is 29.5 Å². The third kappa shape index (κ3) is 2.69. The molecular formula is C12H15N5. The average molecular weight is 229 g/mol. The quantitative estimate of drug-likeness (QED) is 0.800. The summed E-state index contributed by atoms with van der Waals surface area (Å²) in [5.74, 6) is 0.711. The molecule has 0 saturated carbocycles. The van der Waals surface area contributed by atoms with Crippen molar-refractivity contribution in [2.75, 3.05) is 14.1 Å². The monoisotopic (exact) mass is 229 g/mol. The summed E-state index contributed by atoms with van der Waals surface area (Å²) in [6.45, 7) is 2.05. The first-order valence-electron chi connectivity index (χ1n) is 5.37. The van der Waals surface area contributed by atoms with Crippen molar-refractivity contribution in [3.05, 3.63) is 41.9 Å². The third-order valence-corrected chi connectivity index (χ3v) is 2.29. The molecule has 0 aliphatic heterocycles. The number of aromatic nitrogens is 4. The van der Waals surface area contributed by atoms with E-state index in [0.717, 1.165) is 5.69 Å². The highest BCUT2D eigenvalue weighted by Gasteiger charge is 2.04. The van der Waals surface area contributed by atoms with Crippen LogP contribution in [0.2, 0.25) is 0 Å². The van der Waals surface area contributed by atoms with Crippen molar-refractivity contribution >= 4 is 6.08 Å². The second kappa shape index (κ2) is 4.78. The molecule has 88 valence electrons. The maximum Gasteiger partial charge on any atom is 0.181 e. The van der Waals surface area contributed by atoms with Crippen molar-refractivity contribution < 1.29 is 0 Å². The molecule has 0 radical (unpaired) electrons. The zero-order valence-corrected chi connectivity index (χ0v) is 10.2. The van der Waals surface area contributed by atoms with Gasteiger partial charge >= 0.3 is 0 Å². The van der Waals surface area contributed by atoms with Gasteiger partial charge < -0.3 is 4.90 Å². The van der Waals surface area contributed by atoms with Gasteiger partial charge in [-0.1, -0.05) is 17.7 Å². The molecule has 5 heteroatoms. The largest absolute Gasteiger partial charge is 0.383 e. The fraction of sp³-hybridized carbons (Fsp3) is 0.250. The summed E-state index contributed by atoms with van der Waals surface area (Å²) in [7, 11) is 3.91. The van der Waals surface area contributed by atoms with E-state index in [9.17, 15) is 0 Å². The topological polar surface area (TPSA) is 46.8 Å². The minimum absolute atomic E-state index is 0.711. The van der Waals surface area contributed by atoms with Crippen LogP contribution in [0.5, 0.6) is 0 Å². The Bertz CT molecular complexity index is 510. The van der Waals surface area contributed by atoms with E-state index in [0.29, 0.717) is 5.82 Å². The molecule has 0 saturated heterocycles. The lowest BCUT2D eigenvalue weighted by atomic mass is 10.2. The summed E-state index contributed by atoms with van der Waals surface area (Å²) in [6.07, 6.45) is 3.79. The van der Waals surface area contributed by atoms with Crippen LogP contribution in [-0.2, 0) is 0 Å². The molecule has 17 heavy (non-hydrogen) atoms. The molecule has 0 spiro atoms. The molecular weight excluding hydrogens is 214 g/mol. The van der Waals surface area contributed by atoms with Crippen LogP contribution in [-0.4, -0.2) is 39.2 Å². The van der Waals surface area contributed by atoms with Crippen LogP contribution < -0.4 is 0 Å². The highest BCUT2D eigenvalue weighted by atomic mass is 15.5. The SMILES string of the molecule is Cc1ccc(-n2nnnc2/C=C/N(C)C)cc1. The molecule has 1 aromatic heterocycles. The Kier molecular flexibility index (Phi) is 3.18. The number of rotatable bonds is 3. The van der Waals surface area contributed by atoms with Gasteiger partial charge in [-0.2, -0.15) is 4.68 Å². The Morgan fingerprint density at radius 2 is 1.88 bits per heavy atom. The Morgan fingerprint density at radius 3 is 2.53 bits per heavy atom. The summed E-state index contributed by atoms with van der Waals surface area (Å²) in [5, 5.41) is 11.6. The van der Waals surface area contributed by atoms with Crippen LogP contribution in [0.15, 0.2) is 30.5 Å². The Hall–Kier alpha value is -2.17. The standard InChI is InChI=1S/C12H15N5/c1-10-4-6-11(7-5-10)17-12(13-14-15-17)8-9-16(2)3/h4-9H,1-3H3/b9-8+. The summed E-state index contributed by atoms with van der Waals surface area (Å²) in [6, 6.07) is 8.07. The smallest absolute Gasteiger partial charge is 0.181 e. The molecule has 2 rings (SSSR count). The minimum atomic E-state index is 0.711. The zero-order valence-electron chi connectivity index (χ0n) is 10.2. The number of nitrogens with zero attached hydrogens (tertiary/aromatic N) is 5. The maximum atomic E-state index is 3.98. The second-order valence-corrected chi connectivity index (χ2v) is 4.06. The molecule has 0 amide bonds. The summed E-state index contributed by atoms with van der Waals surface area (Å²) >= 11 is 0. The van der Waals surface area contributed by atoms with Gasteiger partial charge in [-0.15, -0.1) is 5.10 Å². The highest BCUT2D eigenvalue weighted by Crippen LogP contribution is 2.10. The van der Waals surface area contributed by atoms with E-state index in [1.165, 1.54) is 5.56 Å². The summed E-state index contributed by atoms with van der Waals surface area (Å²) < 4.78 is 1.71. The predicted molar refractivity (Wildman–Crippen MR) is 66.6 cm³/mol. The minimum Gasteiger partial charge on any atom is -0.383 e. The summed E-state index contributed by atoms with van der Waals surface area (Å²) in [5.41, 5.74) is 2.17. The lowest BCUT2D eigenvalue weighted by molar-refractivity contribution is 0.567. The normalized spacial score (nSPS) is 11.0. The first kappa shape index (κ1) is 11.3. The molecule has 2 aromatic rings. The van der Waals surface area contributed by atoms with E-state index in [1.807, 2.05) is 55.5 Å². The van der Waals surface area contributed by atoms with Gasteiger partial charge in [0.05, 0.1) is 5.69 Å². The van der Waals surface area contributed by atoms with Crippen LogP contribution in [0.4, 0.5) is 0 Å². The first-order chi connectivity index (χ1) is 8.16. The van der Waals surface area contributed by atoms with Gasteiger partial charge in [0.25, 0.3) is 0 Å². The van der Waals surface area contributed by atoms with Gasteiger partial charge in [-0.25, -0.2) is 0 Å². The van der Waals surface area contributed by atoms with E-state index >= 15 is 0 Å². The lowest BCUT2D eigenvalue weighted by Gasteiger charge is -2.04. The Morgan fingerprint density at radius 1 is 1.18 bits per heavy atom. The van der Waals surface area contributed by atoms with Crippen molar-refractivity contribution in [2.45, 2.75) is 6.92 Å². The number of tetrazole rings is 1. The van der Waals surface area contributed by atoms with Crippen LogP contribution in [0.3, 0.4) is 0 Å². The molecule has 0 aliphatic rings. The summed E-state index contributed by atoms with van der Waals surface area (Å²) in [4.78, 5) is 1.94. The molecule has 0 atom stereocenters. The van der Waals surface area contributed by atoms with Crippen LogP contribution in [0.25, 0.3) is 11.8 Å². The van der Waals surface area contributed by atoms with E-state index in [-0.39, 0.29) is 0 Å². The molecule has 5 nitrogen and oxygen atoms in total. The Labute approximate surface area is 100 Å². The number of benzene rings is 1. The van der Waals surface area contributed by atoms with Crippen molar-refractivity contribution in [1.29, 1.82) is 0 Å². The van der Waals surface area contributed by atoms with Crippen LogP contribution in [0, 0.1) is 6.92 Å². The molecule has 0 N–H and O–H groups in total. The van der Waals surface area contributed by atoms with Crippen molar-refractivity contribution in [3.8, 4) is 5.69 Å². The molecule has 0 fully saturated rings. The number of aryl methyl sites for hydroxylation is 1. The average Bonchev–Trinajstić information content (AvgIpc) is 2.75. The fourth-order valence-electron chi connectivity index (χ4n) is 1.38. The van der Waals surface area contributed by atoms with E-state index in [4.69, 9.17) is 0 Å². The third-order valence-electron chi connectivity index (χ3n) is 2.29. The lowest BCUT2D eigenvalue weighted by Crippen LogP contribution is -2.02. The van der Waals surface area contributed by atoms with Gasteiger partial charge in [0.1, 0.15) is 0 Å². The predicted octanol–water partition coefficient (Wildman–Crippen LogP) is 1.50.